The summed E-state index contributed by atoms with van der Waals surface area (Å²) in [6, 6.07) is 5.57. The molecule has 112 valence electrons. The van der Waals surface area contributed by atoms with E-state index in [4.69, 9.17) is 10.5 Å². The van der Waals surface area contributed by atoms with Crippen LogP contribution in [0.2, 0.25) is 0 Å². The first kappa shape index (κ1) is 16.5. The first-order chi connectivity index (χ1) is 9.53. The van der Waals surface area contributed by atoms with E-state index < -0.39 is 0 Å². The summed E-state index contributed by atoms with van der Waals surface area (Å²) in [7, 11) is 1.38. The molecule has 0 aliphatic heterocycles. The Bertz CT molecular complexity index is 446. The third-order valence-corrected chi connectivity index (χ3v) is 3.68. The van der Waals surface area contributed by atoms with Crippen LogP contribution in [0.3, 0.4) is 0 Å². The zero-order chi connectivity index (χ0) is 15.1. The van der Waals surface area contributed by atoms with E-state index in [1.165, 1.54) is 7.11 Å². The minimum atomic E-state index is -0.363. The van der Waals surface area contributed by atoms with Crippen LogP contribution in [0, 0.1) is 5.92 Å². The van der Waals surface area contributed by atoms with Crippen molar-refractivity contribution in [3.8, 4) is 0 Å². The molecule has 0 saturated heterocycles. The fourth-order valence-electron chi connectivity index (χ4n) is 2.22. The molecule has 1 aromatic rings. The van der Waals surface area contributed by atoms with Crippen LogP contribution in [0.4, 0.5) is 5.69 Å². The van der Waals surface area contributed by atoms with Crippen molar-refractivity contribution in [3.63, 3.8) is 0 Å². The van der Waals surface area contributed by atoms with E-state index in [1.807, 2.05) is 12.1 Å². The number of carbonyl (C=O) groups is 1. The van der Waals surface area contributed by atoms with E-state index in [-0.39, 0.29) is 5.97 Å². The maximum Gasteiger partial charge on any atom is 0.340 e. The molecule has 0 fully saturated rings. The summed E-state index contributed by atoms with van der Waals surface area (Å²) < 4.78 is 4.84. The van der Waals surface area contributed by atoms with Crippen LogP contribution in [0.25, 0.3) is 0 Å². The van der Waals surface area contributed by atoms with Crippen molar-refractivity contribution in [1.29, 1.82) is 0 Å². The van der Waals surface area contributed by atoms with Gasteiger partial charge < -0.3 is 10.5 Å². The number of benzene rings is 1. The quantitative estimate of drug-likeness (QED) is 0.615. The van der Waals surface area contributed by atoms with Gasteiger partial charge in [-0.2, -0.15) is 0 Å². The standard InChI is InChI=1S/C16H26N2O2/c1-5-12(3)10-18(6-2)11-13-8-7-9-14(17)15(13)16(19)20-4/h7-9,12H,5-6,10-11,17H2,1-4H3. The molecule has 1 rings (SSSR count). The van der Waals surface area contributed by atoms with Crippen molar-refractivity contribution < 1.29 is 9.53 Å². The molecule has 0 aromatic heterocycles. The summed E-state index contributed by atoms with van der Waals surface area (Å²) in [4.78, 5) is 14.2. The number of hydrogen-bond acceptors (Lipinski definition) is 4. The van der Waals surface area contributed by atoms with Crippen molar-refractivity contribution in [2.75, 3.05) is 25.9 Å². The molecule has 4 heteroatoms. The lowest BCUT2D eigenvalue weighted by Gasteiger charge is -2.24. The number of esters is 1. The van der Waals surface area contributed by atoms with Gasteiger partial charge in [-0.1, -0.05) is 39.3 Å². The fraction of sp³-hybridized carbons (Fsp3) is 0.562. The third-order valence-electron chi connectivity index (χ3n) is 3.68. The first-order valence-electron chi connectivity index (χ1n) is 7.21. The second kappa shape index (κ2) is 7.90. The van der Waals surface area contributed by atoms with E-state index in [2.05, 4.69) is 25.7 Å². The smallest absolute Gasteiger partial charge is 0.340 e. The fourth-order valence-corrected chi connectivity index (χ4v) is 2.22. The van der Waals surface area contributed by atoms with E-state index in [0.717, 1.165) is 31.6 Å². The zero-order valence-electron chi connectivity index (χ0n) is 13.0. The Kier molecular flexibility index (Phi) is 6.52. The molecule has 0 heterocycles. The van der Waals surface area contributed by atoms with E-state index in [0.29, 0.717) is 17.2 Å². The van der Waals surface area contributed by atoms with Crippen molar-refractivity contribution in [1.82, 2.24) is 4.90 Å². The van der Waals surface area contributed by atoms with Crippen molar-refractivity contribution in [2.45, 2.75) is 33.7 Å². The Morgan fingerprint density at radius 3 is 2.65 bits per heavy atom. The van der Waals surface area contributed by atoms with E-state index in [9.17, 15) is 4.79 Å². The zero-order valence-corrected chi connectivity index (χ0v) is 13.0. The van der Waals surface area contributed by atoms with Crippen LogP contribution in [-0.2, 0) is 11.3 Å². The number of carbonyl (C=O) groups excluding carboxylic acids is 1. The predicted molar refractivity (Wildman–Crippen MR) is 82.6 cm³/mol. The molecule has 0 bridgehead atoms. The Labute approximate surface area is 121 Å². The molecule has 2 N–H and O–H groups in total. The van der Waals surface area contributed by atoms with Gasteiger partial charge in [-0.05, 0) is 24.1 Å². The molecule has 0 amide bonds. The molecule has 1 atom stereocenters. The Hall–Kier alpha value is -1.55. The highest BCUT2D eigenvalue weighted by Gasteiger charge is 2.17. The second-order valence-corrected chi connectivity index (χ2v) is 5.21. The summed E-state index contributed by atoms with van der Waals surface area (Å²) in [5, 5.41) is 0. The van der Waals surface area contributed by atoms with Crippen LogP contribution < -0.4 is 5.73 Å². The molecule has 4 nitrogen and oxygen atoms in total. The minimum Gasteiger partial charge on any atom is -0.465 e. The highest BCUT2D eigenvalue weighted by Crippen LogP contribution is 2.20. The van der Waals surface area contributed by atoms with Gasteiger partial charge in [-0.25, -0.2) is 4.79 Å². The Morgan fingerprint density at radius 1 is 1.40 bits per heavy atom. The first-order valence-corrected chi connectivity index (χ1v) is 7.21. The monoisotopic (exact) mass is 278 g/mol. The number of anilines is 1. The third kappa shape index (κ3) is 4.23. The van der Waals surface area contributed by atoms with Crippen LogP contribution in [0.15, 0.2) is 18.2 Å². The summed E-state index contributed by atoms with van der Waals surface area (Å²) in [6.07, 6.45) is 1.15. The van der Waals surface area contributed by atoms with Gasteiger partial charge in [0.15, 0.2) is 0 Å². The van der Waals surface area contributed by atoms with Gasteiger partial charge in [0, 0.05) is 18.8 Å². The number of nitrogens with two attached hydrogens (primary N) is 1. The van der Waals surface area contributed by atoms with Crippen molar-refractivity contribution in [3.05, 3.63) is 29.3 Å². The van der Waals surface area contributed by atoms with Crippen molar-refractivity contribution >= 4 is 11.7 Å². The highest BCUT2D eigenvalue weighted by molar-refractivity contribution is 5.96. The summed E-state index contributed by atoms with van der Waals surface area (Å²) in [5.41, 5.74) is 7.83. The average molecular weight is 278 g/mol. The molecular weight excluding hydrogens is 252 g/mol. The Balaban J connectivity index is 2.95. The molecule has 0 aliphatic rings. The molecule has 20 heavy (non-hydrogen) atoms. The normalized spacial score (nSPS) is 12.4. The molecule has 0 saturated carbocycles. The molecule has 1 aromatic carbocycles. The van der Waals surface area contributed by atoms with Crippen LogP contribution in [0.1, 0.15) is 43.1 Å². The second-order valence-electron chi connectivity index (χ2n) is 5.21. The summed E-state index contributed by atoms with van der Waals surface area (Å²) >= 11 is 0. The van der Waals surface area contributed by atoms with Gasteiger partial charge in [0.25, 0.3) is 0 Å². The van der Waals surface area contributed by atoms with E-state index in [1.54, 1.807) is 6.07 Å². The number of rotatable bonds is 7. The average Bonchev–Trinajstić information content (AvgIpc) is 2.45. The summed E-state index contributed by atoms with van der Waals surface area (Å²) in [6.45, 7) is 9.24. The lowest BCUT2D eigenvalue weighted by atomic mass is 10.0. The topological polar surface area (TPSA) is 55.6 Å². The number of ether oxygens (including phenoxy) is 1. The molecule has 0 radical (unpaired) electrons. The predicted octanol–water partition coefficient (Wildman–Crippen LogP) is 2.92. The van der Waals surface area contributed by atoms with Crippen molar-refractivity contribution in [2.24, 2.45) is 5.92 Å². The van der Waals surface area contributed by atoms with Gasteiger partial charge >= 0.3 is 5.97 Å². The number of hydrogen-bond donors (Lipinski definition) is 1. The largest absolute Gasteiger partial charge is 0.465 e. The summed E-state index contributed by atoms with van der Waals surface area (Å²) in [5.74, 6) is 0.273. The van der Waals surface area contributed by atoms with Gasteiger partial charge in [-0.15, -0.1) is 0 Å². The molecule has 0 aliphatic carbocycles. The maximum absolute atomic E-state index is 11.9. The maximum atomic E-state index is 11.9. The van der Waals surface area contributed by atoms with Crippen LogP contribution in [0.5, 0.6) is 0 Å². The lowest BCUT2D eigenvalue weighted by molar-refractivity contribution is 0.0599. The minimum absolute atomic E-state index is 0.363. The molecule has 0 spiro atoms. The van der Waals surface area contributed by atoms with Gasteiger partial charge in [0.2, 0.25) is 0 Å². The van der Waals surface area contributed by atoms with Gasteiger partial charge in [-0.3, -0.25) is 4.90 Å². The van der Waals surface area contributed by atoms with Crippen LogP contribution >= 0.6 is 0 Å². The lowest BCUT2D eigenvalue weighted by Crippen LogP contribution is -2.29. The number of nitrogens with zero attached hydrogens (tertiary/aromatic N) is 1. The SMILES string of the molecule is CCC(C)CN(CC)Cc1cccc(N)c1C(=O)OC. The molecule has 1 unspecified atom stereocenters. The van der Waals surface area contributed by atoms with Gasteiger partial charge in [0.1, 0.15) is 0 Å². The highest BCUT2D eigenvalue weighted by atomic mass is 16.5. The molecular formula is C16H26N2O2. The van der Waals surface area contributed by atoms with Gasteiger partial charge in [0.05, 0.1) is 12.7 Å². The Morgan fingerprint density at radius 2 is 2.10 bits per heavy atom. The van der Waals surface area contributed by atoms with E-state index >= 15 is 0 Å². The number of methoxy groups -OCH3 is 1. The number of nitrogen functional groups attached to an aromatic ring is 1. The van der Waals surface area contributed by atoms with Crippen LogP contribution in [-0.4, -0.2) is 31.1 Å².